The molecule has 0 heterocycles. The van der Waals surface area contributed by atoms with E-state index >= 15 is 0 Å². The summed E-state index contributed by atoms with van der Waals surface area (Å²) in [5, 5.41) is 3.57. The largest absolute Gasteiger partial charge is 0.310 e. The van der Waals surface area contributed by atoms with Gasteiger partial charge in [-0.25, -0.2) is 4.39 Å². The Morgan fingerprint density at radius 2 is 1.95 bits per heavy atom. The predicted molar refractivity (Wildman–Crippen MR) is 90.0 cm³/mol. The van der Waals surface area contributed by atoms with Crippen molar-refractivity contribution in [3.05, 3.63) is 69.4 Å². The molecule has 1 unspecified atom stereocenters. The molecular formula is C18H21BrFN. The molecule has 0 aromatic heterocycles. The molecule has 0 aliphatic rings. The molecule has 2 aromatic rings. The maximum atomic E-state index is 13.3. The third-order valence-electron chi connectivity index (χ3n) is 3.66. The monoisotopic (exact) mass is 349 g/mol. The van der Waals surface area contributed by atoms with Crippen LogP contribution in [-0.2, 0) is 6.42 Å². The van der Waals surface area contributed by atoms with E-state index in [1.54, 1.807) is 0 Å². The minimum atomic E-state index is -0.212. The van der Waals surface area contributed by atoms with Gasteiger partial charge in [-0.05, 0) is 55.1 Å². The minimum Gasteiger partial charge on any atom is -0.310 e. The second kappa shape index (κ2) is 7.71. The Labute approximate surface area is 134 Å². The average molecular weight is 350 g/mol. The van der Waals surface area contributed by atoms with Gasteiger partial charge in [0, 0.05) is 10.5 Å². The van der Waals surface area contributed by atoms with Gasteiger partial charge in [0.25, 0.3) is 0 Å². The number of rotatable bonds is 6. The zero-order chi connectivity index (χ0) is 15.2. The predicted octanol–water partition coefficient (Wildman–Crippen LogP) is 5.18. The SMILES string of the molecule is CCCNC(Cc1ccccc1C)c1ccc(F)cc1Br. The van der Waals surface area contributed by atoms with E-state index in [2.05, 4.69) is 59.4 Å². The normalized spacial score (nSPS) is 12.4. The first-order chi connectivity index (χ1) is 10.1. The van der Waals surface area contributed by atoms with Crippen molar-refractivity contribution >= 4 is 15.9 Å². The Bertz CT molecular complexity index is 598. The fourth-order valence-electron chi connectivity index (χ4n) is 2.45. The zero-order valence-corrected chi connectivity index (χ0v) is 14.1. The van der Waals surface area contributed by atoms with Crippen molar-refractivity contribution in [2.24, 2.45) is 0 Å². The van der Waals surface area contributed by atoms with E-state index < -0.39 is 0 Å². The Morgan fingerprint density at radius 3 is 2.62 bits per heavy atom. The molecule has 0 amide bonds. The summed E-state index contributed by atoms with van der Waals surface area (Å²) in [6.45, 7) is 5.23. The molecule has 2 rings (SSSR count). The van der Waals surface area contributed by atoms with Gasteiger partial charge in [-0.3, -0.25) is 0 Å². The molecule has 2 aromatic carbocycles. The van der Waals surface area contributed by atoms with Crippen LogP contribution in [-0.4, -0.2) is 6.54 Å². The molecule has 3 heteroatoms. The van der Waals surface area contributed by atoms with Crippen molar-refractivity contribution in [3.8, 4) is 0 Å². The Morgan fingerprint density at radius 1 is 1.19 bits per heavy atom. The average Bonchev–Trinajstić information content (AvgIpc) is 2.46. The molecule has 0 bridgehead atoms. The quantitative estimate of drug-likeness (QED) is 0.757. The maximum Gasteiger partial charge on any atom is 0.124 e. The highest BCUT2D eigenvalue weighted by Crippen LogP contribution is 2.28. The molecule has 0 radical (unpaired) electrons. The van der Waals surface area contributed by atoms with Gasteiger partial charge in [-0.1, -0.05) is 53.2 Å². The van der Waals surface area contributed by atoms with E-state index in [9.17, 15) is 4.39 Å². The highest BCUT2D eigenvalue weighted by molar-refractivity contribution is 9.10. The van der Waals surface area contributed by atoms with E-state index in [0.717, 1.165) is 29.4 Å². The fraction of sp³-hybridized carbons (Fsp3) is 0.333. The van der Waals surface area contributed by atoms with Crippen molar-refractivity contribution in [1.82, 2.24) is 5.32 Å². The van der Waals surface area contributed by atoms with Crippen molar-refractivity contribution < 1.29 is 4.39 Å². The second-order valence-corrected chi connectivity index (χ2v) is 6.16. The standard InChI is InChI=1S/C18H21BrFN/c1-3-10-21-18(11-14-7-5-4-6-13(14)2)16-9-8-15(20)12-17(16)19/h4-9,12,18,21H,3,10-11H2,1-2H3. The molecule has 0 aliphatic carbocycles. The van der Waals surface area contributed by atoms with Crippen LogP contribution in [0.3, 0.4) is 0 Å². The number of hydrogen-bond acceptors (Lipinski definition) is 1. The van der Waals surface area contributed by atoms with Gasteiger partial charge in [0.05, 0.1) is 0 Å². The number of aryl methyl sites for hydroxylation is 1. The number of hydrogen-bond donors (Lipinski definition) is 1. The van der Waals surface area contributed by atoms with Gasteiger partial charge >= 0.3 is 0 Å². The summed E-state index contributed by atoms with van der Waals surface area (Å²) < 4.78 is 14.1. The van der Waals surface area contributed by atoms with Crippen LogP contribution in [0, 0.1) is 12.7 Å². The van der Waals surface area contributed by atoms with Crippen LogP contribution < -0.4 is 5.32 Å². The minimum absolute atomic E-state index is 0.182. The van der Waals surface area contributed by atoms with Gasteiger partial charge in [-0.15, -0.1) is 0 Å². The van der Waals surface area contributed by atoms with Crippen molar-refractivity contribution in [3.63, 3.8) is 0 Å². The van der Waals surface area contributed by atoms with Crippen LogP contribution in [0.15, 0.2) is 46.9 Å². The molecule has 1 N–H and O–H groups in total. The van der Waals surface area contributed by atoms with E-state index in [-0.39, 0.29) is 11.9 Å². The summed E-state index contributed by atoms with van der Waals surface area (Å²) in [5.41, 5.74) is 3.72. The zero-order valence-electron chi connectivity index (χ0n) is 12.5. The lowest BCUT2D eigenvalue weighted by Crippen LogP contribution is -2.24. The Kier molecular flexibility index (Phi) is 5.95. The molecule has 0 spiro atoms. The van der Waals surface area contributed by atoms with Gasteiger partial charge in [-0.2, -0.15) is 0 Å². The lowest BCUT2D eigenvalue weighted by Gasteiger charge is -2.21. The summed E-state index contributed by atoms with van der Waals surface area (Å²) in [6.07, 6.45) is 1.97. The summed E-state index contributed by atoms with van der Waals surface area (Å²) in [4.78, 5) is 0. The van der Waals surface area contributed by atoms with Crippen LogP contribution >= 0.6 is 15.9 Å². The van der Waals surface area contributed by atoms with Crippen molar-refractivity contribution in [1.29, 1.82) is 0 Å². The van der Waals surface area contributed by atoms with Crippen LogP contribution in [0.5, 0.6) is 0 Å². The van der Waals surface area contributed by atoms with Gasteiger partial charge in [0.1, 0.15) is 5.82 Å². The molecule has 0 aliphatic heterocycles. The first-order valence-corrected chi connectivity index (χ1v) is 8.14. The molecule has 21 heavy (non-hydrogen) atoms. The molecular weight excluding hydrogens is 329 g/mol. The number of nitrogens with one attached hydrogen (secondary N) is 1. The van der Waals surface area contributed by atoms with Gasteiger partial charge in [0.15, 0.2) is 0 Å². The number of halogens is 2. The summed E-state index contributed by atoms with van der Waals surface area (Å²) in [6, 6.07) is 13.5. The maximum absolute atomic E-state index is 13.3. The third kappa shape index (κ3) is 4.39. The fourth-order valence-corrected chi connectivity index (χ4v) is 3.08. The van der Waals surface area contributed by atoms with E-state index in [1.807, 2.05) is 6.07 Å². The molecule has 0 saturated carbocycles. The second-order valence-electron chi connectivity index (χ2n) is 5.30. The first kappa shape index (κ1) is 16.2. The topological polar surface area (TPSA) is 12.0 Å². The Balaban J connectivity index is 2.27. The summed E-state index contributed by atoms with van der Waals surface area (Å²) >= 11 is 3.49. The molecule has 0 fully saturated rings. The molecule has 1 atom stereocenters. The van der Waals surface area contributed by atoms with Crippen LogP contribution in [0.25, 0.3) is 0 Å². The number of benzene rings is 2. The van der Waals surface area contributed by atoms with Gasteiger partial charge < -0.3 is 5.32 Å². The van der Waals surface area contributed by atoms with Crippen molar-refractivity contribution in [2.45, 2.75) is 32.7 Å². The van der Waals surface area contributed by atoms with E-state index in [1.165, 1.54) is 23.3 Å². The Hall–Kier alpha value is -1.19. The highest BCUT2D eigenvalue weighted by atomic mass is 79.9. The first-order valence-electron chi connectivity index (χ1n) is 7.34. The molecule has 0 saturated heterocycles. The van der Waals surface area contributed by atoms with E-state index in [0.29, 0.717) is 0 Å². The smallest absolute Gasteiger partial charge is 0.124 e. The van der Waals surface area contributed by atoms with Gasteiger partial charge in [0.2, 0.25) is 0 Å². The van der Waals surface area contributed by atoms with Crippen LogP contribution in [0.2, 0.25) is 0 Å². The summed E-state index contributed by atoms with van der Waals surface area (Å²) in [5.74, 6) is -0.212. The molecule has 1 nitrogen and oxygen atoms in total. The van der Waals surface area contributed by atoms with E-state index in [4.69, 9.17) is 0 Å². The molecule has 112 valence electrons. The van der Waals surface area contributed by atoms with Crippen LogP contribution in [0.1, 0.15) is 36.1 Å². The highest BCUT2D eigenvalue weighted by Gasteiger charge is 2.16. The lowest BCUT2D eigenvalue weighted by molar-refractivity contribution is 0.525. The summed E-state index contributed by atoms with van der Waals surface area (Å²) in [7, 11) is 0. The third-order valence-corrected chi connectivity index (χ3v) is 4.35. The van der Waals surface area contributed by atoms with Crippen molar-refractivity contribution in [2.75, 3.05) is 6.54 Å². The van der Waals surface area contributed by atoms with Crippen LogP contribution in [0.4, 0.5) is 4.39 Å². The lowest BCUT2D eigenvalue weighted by atomic mass is 9.96.